The maximum atomic E-state index is 12.2. The molecule has 0 radical (unpaired) electrons. The summed E-state index contributed by atoms with van der Waals surface area (Å²) in [6.07, 6.45) is 3.97. The van der Waals surface area contributed by atoms with Crippen molar-refractivity contribution < 1.29 is 9.53 Å². The zero-order chi connectivity index (χ0) is 18.9. The molecular weight excluding hydrogens is 356 g/mol. The number of thiophene rings is 1. The number of nitrogens with one attached hydrogen (secondary N) is 1. The maximum Gasteiger partial charge on any atom is 0.220 e. The van der Waals surface area contributed by atoms with Crippen molar-refractivity contribution in [2.24, 2.45) is 0 Å². The molecule has 0 atom stereocenters. The molecule has 0 bridgehead atoms. The average molecular weight is 381 g/mol. The molecule has 5 heteroatoms. The molecule has 0 aliphatic carbocycles. The second-order valence-corrected chi connectivity index (χ2v) is 7.11. The minimum Gasteiger partial charge on any atom is -0.494 e. The van der Waals surface area contributed by atoms with E-state index in [9.17, 15) is 4.79 Å². The first-order valence-corrected chi connectivity index (χ1v) is 10.1. The molecule has 3 aromatic rings. The van der Waals surface area contributed by atoms with Crippen LogP contribution in [0.15, 0.2) is 59.4 Å². The Balaban J connectivity index is 1.45. The second-order valence-electron chi connectivity index (χ2n) is 6.33. The predicted molar refractivity (Wildman–Crippen MR) is 110 cm³/mol. The van der Waals surface area contributed by atoms with Gasteiger partial charge in [-0.25, -0.2) is 0 Å². The fourth-order valence-electron chi connectivity index (χ4n) is 2.67. The van der Waals surface area contributed by atoms with Crippen LogP contribution in [0.4, 0.5) is 0 Å². The van der Waals surface area contributed by atoms with Crippen LogP contribution in [0.1, 0.15) is 30.9 Å². The van der Waals surface area contributed by atoms with Gasteiger partial charge in [-0.2, -0.15) is 11.3 Å². The summed E-state index contributed by atoms with van der Waals surface area (Å²) in [7, 11) is 0. The highest BCUT2D eigenvalue weighted by molar-refractivity contribution is 7.08. The molecule has 1 N–H and O–H groups in total. The number of nitrogens with zero attached hydrogens (tertiary/aromatic N) is 1. The third-order valence-electron chi connectivity index (χ3n) is 4.17. The Bertz CT molecular complexity index is 845. The van der Waals surface area contributed by atoms with Gasteiger partial charge in [0.25, 0.3) is 0 Å². The number of benzene rings is 1. The molecule has 0 aliphatic heterocycles. The lowest BCUT2D eigenvalue weighted by atomic mass is 10.1. The Kier molecular flexibility index (Phi) is 6.99. The van der Waals surface area contributed by atoms with Crippen molar-refractivity contribution in [3.05, 3.63) is 70.5 Å². The molecule has 1 amide bonds. The highest BCUT2D eigenvalue weighted by Crippen LogP contribution is 2.20. The van der Waals surface area contributed by atoms with E-state index >= 15 is 0 Å². The largest absolute Gasteiger partial charge is 0.494 e. The lowest BCUT2D eigenvalue weighted by Gasteiger charge is -2.08. The van der Waals surface area contributed by atoms with Crippen molar-refractivity contribution in [3.63, 3.8) is 0 Å². The van der Waals surface area contributed by atoms with Gasteiger partial charge in [0.05, 0.1) is 12.3 Å². The van der Waals surface area contributed by atoms with Gasteiger partial charge in [0.1, 0.15) is 5.75 Å². The van der Waals surface area contributed by atoms with E-state index in [1.54, 1.807) is 17.5 Å². The number of amides is 1. The van der Waals surface area contributed by atoms with E-state index in [0.717, 1.165) is 47.6 Å². The number of hydrogen-bond acceptors (Lipinski definition) is 4. The first-order chi connectivity index (χ1) is 13.2. The molecule has 0 aliphatic rings. The summed E-state index contributed by atoms with van der Waals surface area (Å²) >= 11 is 1.65. The number of aryl methyl sites for hydroxylation is 1. The average Bonchev–Trinajstić information content (AvgIpc) is 3.25. The molecule has 140 valence electrons. The number of carbonyl (C=O) groups is 1. The van der Waals surface area contributed by atoms with Crippen LogP contribution in [-0.4, -0.2) is 17.5 Å². The van der Waals surface area contributed by atoms with Gasteiger partial charge in [-0.05, 0) is 59.7 Å². The molecule has 2 heterocycles. The van der Waals surface area contributed by atoms with Crippen molar-refractivity contribution >= 4 is 17.2 Å². The van der Waals surface area contributed by atoms with Gasteiger partial charge in [-0.1, -0.05) is 19.1 Å². The SMILES string of the molecule is CCCOc1ccc(CCC(=O)NCc2ccnc(-c3ccsc3)c2)cc1. The van der Waals surface area contributed by atoms with Crippen molar-refractivity contribution in [1.29, 1.82) is 0 Å². The Morgan fingerprint density at radius 2 is 2.00 bits per heavy atom. The first kappa shape index (κ1) is 19.1. The topological polar surface area (TPSA) is 51.2 Å². The standard InChI is InChI=1S/C22H24N2O2S/c1-2-12-26-20-6-3-17(4-7-20)5-8-22(25)24-15-18-9-11-23-21(14-18)19-10-13-27-16-19/h3-4,6-7,9-11,13-14,16H,2,5,8,12,15H2,1H3,(H,24,25). The summed E-state index contributed by atoms with van der Waals surface area (Å²) in [6.45, 7) is 3.33. The Hall–Kier alpha value is -2.66. The molecule has 0 spiro atoms. The van der Waals surface area contributed by atoms with E-state index in [1.165, 1.54) is 0 Å². The predicted octanol–water partition coefficient (Wildman–Crippen LogP) is 4.85. The van der Waals surface area contributed by atoms with Crippen molar-refractivity contribution in [3.8, 4) is 17.0 Å². The molecule has 0 fully saturated rings. The van der Waals surface area contributed by atoms with Gasteiger partial charge in [0.2, 0.25) is 5.91 Å². The van der Waals surface area contributed by atoms with Crippen molar-refractivity contribution in [2.75, 3.05) is 6.61 Å². The highest BCUT2D eigenvalue weighted by Gasteiger charge is 2.05. The number of pyridine rings is 1. The molecule has 2 aromatic heterocycles. The van der Waals surface area contributed by atoms with Gasteiger partial charge < -0.3 is 10.1 Å². The number of rotatable bonds is 9. The summed E-state index contributed by atoms with van der Waals surface area (Å²) in [6, 6.07) is 14.0. The van der Waals surface area contributed by atoms with Crippen LogP contribution < -0.4 is 10.1 Å². The van der Waals surface area contributed by atoms with Crippen LogP contribution in [0, 0.1) is 0 Å². The minimum atomic E-state index is 0.0511. The fourth-order valence-corrected chi connectivity index (χ4v) is 3.32. The minimum absolute atomic E-state index is 0.0511. The van der Waals surface area contributed by atoms with E-state index in [0.29, 0.717) is 13.0 Å². The molecule has 0 saturated heterocycles. The molecule has 0 unspecified atom stereocenters. The summed E-state index contributed by atoms with van der Waals surface area (Å²) in [5.74, 6) is 0.930. The maximum absolute atomic E-state index is 12.2. The fraction of sp³-hybridized carbons (Fsp3) is 0.273. The molecule has 3 rings (SSSR count). The van der Waals surface area contributed by atoms with Crippen LogP contribution in [-0.2, 0) is 17.8 Å². The highest BCUT2D eigenvalue weighted by atomic mass is 32.1. The van der Waals surface area contributed by atoms with E-state index in [2.05, 4.69) is 22.6 Å². The number of ether oxygens (including phenoxy) is 1. The van der Waals surface area contributed by atoms with Gasteiger partial charge in [0, 0.05) is 30.1 Å². The zero-order valence-corrected chi connectivity index (χ0v) is 16.3. The van der Waals surface area contributed by atoms with Gasteiger partial charge >= 0.3 is 0 Å². The van der Waals surface area contributed by atoms with E-state index < -0.39 is 0 Å². The lowest BCUT2D eigenvalue weighted by Crippen LogP contribution is -2.23. The quantitative estimate of drug-likeness (QED) is 0.577. The van der Waals surface area contributed by atoms with Crippen LogP contribution in [0.3, 0.4) is 0 Å². The van der Waals surface area contributed by atoms with Gasteiger partial charge in [-0.3, -0.25) is 9.78 Å². The van der Waals surface area contributed by atoms with Crippen LogP contribution in [0.2, 0.25) is 0 Å². The normalized spacial score (nSPS) is 10.6. The number of carbonyl (C=O) groups excluding carboxylic acids is 1. The van der Waals surface area contributed by atoms with Crippen LogP contribution in [0.25, 0.3) is 11.3 Å². The summed E-state index contributed by atoms with van der Waals surface area (Å²) in [4.78, 5) is 16.6. The van der Waals surface area contributed by atoms with Crippen LogP contribution in [0.5, 0.6) is 5.75 Å². The van der Waals surface area contributed by atoms with E-state index in [4.69, 9.17) is 4.74 Å². The number of aromatic nitrogens is 1. The van der Waals surface area contributed by atoms with E-state index in [1.807, 2.05) is 47.8 Å². The summed E-state index contributed by atoms with van der Waals surface area (Å²) in [5, 5.41) is 7.10. The van der Waals surface area contributed by atoms with Crippen molar-refractivity contribution in [1.82, 2.24) is 10.3 Å². The lowest BCUT2D eigenvalue weighted by molar-refractivity contribution is -0.121. The summed E-state index contributed by atoms with van der Waals surface area (Å²) < 4.78 is 5.58. The Morgan fingerprint density at radius 3 is 2.74 bits per heavy atom. The molecule has 27 heavy (non-hydrogen) atoms. The van der Waals surface area contributed by atoms with Crippen molar-refractivity contribution in [2.45, 2.75) is 32.7 Å². The smallest absolute Gasteiger partial charge is 0.220 e. The zero-order valence-electron chi connectivity index (χ0n) is 15.5. The first-order valence-electron chi connectivity index (χ1n) is 9.20. The Morgan fingerprint density at radius 1 is 1.15 bits per heavy atom. The van der Waals surface area contributed by atoms with Gasteiger partial charge in [-0.15, -0.1) is 0 Å². The van der Waals surface area contributed by atoms with E-state index in [-0.39, 0.29) is 5.91 Å². The number of hydrogen-bond donors (Lipinski definition) is 1. The molecule has 1 aromatic carbocycles. The monoisotopic (exact) mass is 380 g/mol. The molecular formula is C22H24N2O2S. The summed E-state index contributed by atoms with van der Waals surface area (Å²) in [5.41, 5.74) is 4.24. The third-order valence-corrected chi connectivity index (χ3v) is 4.85. The van der Waals surface area contributed by atoms with Crippen LogP contribution >= 0.6 is 11.3 Å². The third kappa shape index (κ3) is 5.93. The second kappa shape index (κ2) is 9.88. The molecule has 0 saturated carbocycles. The van der Waals surface area contributed by atoms with Gasteiger partial charge in [0.15, 0.2) is 0 Å². The molecule has 4 nitrogen and oxygen atoms in total. The Labute approximate surface area is 164 Å².